The van der Waals surface area contributed by atoms with Crippen LogP contribution in [0.3, 0.4) is 0 Å². The van der Waals surface area contributed by atoms with Crippen LogP contribution >= 0.6 is 18.9 Å². The zero-order valence-corrected chi connectivity index (χ0v) is 31.4. The van der Waals surface area contributed by atoms with Gasteiger partial charge in [0.2, 0.25) is 11.8 Å². The summed E-state index contributed by atoms with van der Waals surface area (Å²) in [5.74, 6) is -1.38. The number of hydrogen-bond donors (Lipinski definition) is 2. The van der Waals surface area contributed by atoms with E-state index in [-0.39, 0.29) is 37.5 Å². The van der Waals surface area contributed by atoms with E-state index in [0.717, 1.165) is 21.7 Å². The Kier molecular flexibility index (Phi) is 12.3. The fourth-order valence-electron chi connectivity index (χ4n) is 5.24. The number of rotatable bonds is 11. The summed E-state index contributed by atoms with van der Waals surface area (Å²) in [5.41, 5.74) is 8.99. The summed E-state index contributed by atoms with van der Waals surface area (Å²) in [4.78, 5) is 47.2. The molecule has 2 amide bonds. The highest BCUT2D eigenvalue weighted by Crippen LogP contribution is 2.54. The van der Waals surface area contributed by atoms with Crippen molar-refractivity contribution in [2.45, 2.75) is 124 Å². The van der Waals surface area contributed by atoms with Crippen LogP contribution in [0.2, 0.25) is 0 Å². The second-order valence-corrected chi connectivity index (χ2v) is 18.2. The van der Waals surface area contributed by atoms with Crippen LogP contribution in [0, 0.1) is 12.3 Å². The molecular weight excluding hydrogens is 639 g/mol. The van der Waals surface area contributed by atoms with E-state index in [4.69, 9.17) is 19.5 Å². The topological polar surface area (TPSA) is 150 Å². The van der Waals surface area contributed by atoms with Gasteiger partial charge in [-0.1, -0.05) is 45.0 Å². The van der Waals surface area contributed by atoms with Gasteiger partial charge in [-0.15, -0.1) is 11.3 Å². The first-order chi connectivity index (χ1) is 21.5. The number of nitrogens with one attached hydrogen (secondary N) is 1. The van der Waals surface area contributed by atoms with E-state index >= 15 is 0 Å². The second kappa shape index (κ2) is 14.9. The standard InChI is InChI=1S/C34H53N4O7PS/c1-21(23-12-14-24(15-13-23)28-22(2)36-20-47-28)37-30(40)26-18-25(19-38(26)31(41)29(35)32(3,4)5)43-27(39)16-17-46(42,44-33(6,7)8)45-34(9,10)11/h12-15,20-21,25-26,29H,16-19,35H2,1-11H3,(H,37,40)/t21-,25+,26-,29+/m0/s1. The number of nitrogens with zero attached hydrogens (tertiary/aromatic N) is 2. The van der Waals surface area contributed by atoms with Gasteiger partial charge in [0.25, 0.3) is 0 Å². The maximum atomic E-state index is 13.7. The molecule has 0 bridgehead atoms. The zero-order valence-electron chi connectivity index (χ0n) is 29.7. The minimum atomic E-state index is -3.66. The fourth-order valence-corrected chi connectivity index (χ4v) is 8.39. The summed E-state index contributed by atoms with van der Waals surface area (Å²) >= 11 is 1.57. The zero-order chi connectivity index (χ0) is 35.5. The Hall–Kier alpha value is -2.63. The third-order valence-electron chi connectivity index (χ3n) is 7.54. The van der Waals surface area contributed by atoms with Gasteiger partial charge in [0.1, 0.15) is 12.1 Å². The van der Waals surface area contributed by atoms with Gasteiger partial charge in [-0.05, 0) is 71.9 Å². The Bertz CT molecular complexity index is 1440. The van der Waals surface area contributed by atoms with Gasteiger partial charge in [0.05, 0.1) is 58.5 Å². The largest absolute Gasteiger partial charge is 0.460 e. The van der Waals surface area contributed by atoms with Crippen molar-refractivity contribution in [3.8, 4) is 10.4 Å². The molecule has 4 atom stereocenters. The van der Waals surface area contributed by atoms with Crippen molar-refractivity contribution < 1.29 is 32.7 Å². The lowest BCUT2D eigenvalue weighted by atomic mass is 9.86. The number of aryl methyl sites for hydroxylation is 1. The normalized spacial score (nSPS) is 18.9. The highest BCUT2D eigenvalue weighted by molar-refractivity contribution is 7.54. The summed E-state index contributed by atoms with van der Waals surface area (Å²) in [6, 6.07) is 5.80. The molecule has 1 saturated heterocycles. The first-order valence-corrected chi connectivity index (χ1v) is 18.7. The van der Waals surface area contributed by atoms with Crippen LogP contribution in [-0.4, -0.2) is 69.8 Å². The van der Waals surface area contributed by atoms with Crippen LogP contribution < -0.4 is 11.1 Å². The molecular formula is C34H53N4O7PS. The predicted octanol–water partition coefficient (Wildman–Crippen LogP) is 6.40. The Balaban J connectivity index is 1.73. The fraction of sp³-hybridized carbons (Fsp3) is 0.647. The lowest BCUT2D eigenvalue weighted by Crippen LogP contribution is -2.55. The molecule has 0 radical (unpaired) electrons. The minimum Gasteiger partial charge on any atom is -0.460 e. The van der Waals surface area contributed by atoms with Crippen molar-refractivity contribution >= 4 is 36.7 Å². The van der Waals surface area contributed by atoms with E-state index in [1.54, 1.807) is 52.9 Å². The van der Waals surface area contributed by atoms with Gasteiger partial charge < -0.3 is 29.7 Å². The van der Waals surface area contributed by atoms with Crippen molar-refractivity contribution in [1.82, 2.24) is 15.2 Å². The Morgan fingerprint density at radius 2 is 1.62 bits per heavy atom. The molecule has 3 rings (SSSR count). The molecule has 0 aliphatic carbocycles. The van der Waals surface area contributed by atoms with Crippen LogP contribution in [0.4, 0.5) is 0 Å². The van der Waals surface area contributed by atoms with Gasteiger partial charge >= 0.3 is 13.6 Å². The molecule has 3 N–H and O–H groups in total. The third-order valence-corrected chi connectivity index (χ3v) is 10.9. The summed E-state index contributed by atoms with van der Waals surface area (Å²) in [6.07, 6.45) is -1.04. The maximum Gasteiger partial charge on any atom is 0.332 e. The number of ether oxygens (including phenoxy) is 1. The van der Waals surface area contributed by atoms with Crippen molar-refractivity contribution in [3.05, 3.63) is 41.0 Å². The Labute approximate surface area is 283 Å². The van der Waals surface area contributed by atoms with Crippen LogP contribution in [0.1, 0.15) is 99.4 Å². The molecule has 11 nitrogen and oxygen atoms in total. The van der Waals surface area contributed by atoms with Crippen molar-refractivity contribution in [2.24, 2.45) is 11.1 Å². The van der Waals surface area contributed by atoms with Gasteiger partial charge in [0.15, 0.2) is 0 Å². The minimum absolute atomic E-state index is 0.0123. The van der Waals surface area contributed by atoms with Gasteiger partial charge in [-0.3, -0.25) is 18.9 Å². The maximum absolute atomic E-state index is 13.7. The number of amides is 2. The summed E-state index contributed by atoms with van der Waals surface area (Å²) in [6.45, 7) is 20.0. The van der Waals surface area contributed by atoms with Crippen molar-refractivity contribution in [3.63, 3.8) is 0 Å². The first kappa shape index (κ1) is 38.8. The second-order valence-electron chi connectivity index (χ2n) is 15.3. The number of esters is 1. The summed E-state index contributed by atoms with van der Waals surface area (Å²) in [5, 5.41) is 3.03. The molecule has 1 aromatic carbocycles. The number of aromatic nitrogens is 1. The van der Waals surface area contributed by atoms with Crippen molar-refractivity contribution in [2.75, 3.05) is 12.7 Å². The quantitative estimate of drug-likeness (QED) is 0.202. The highest BCUT2D eigenvalue weighted by Gasteiger charge is 2.45. The first-order valence-electron chi connectivity index (χ1n) is 16.0. The molecule has 13 heteroatoms. The smallest absolute Gasteiger partial charge is 0.332 e. The molecule has 0 unspecified atom stereocenters. The summed E-state index contributed by atoms with van der Waals surface area (Å²) in [7, 11) is -3.66. The lowest BCUT2D eigenvalue weighted by molar-refractivity contribution is -0.149. The predicted molar refractivity (Wildman–Crippen MR) is 185 cm³/mol. The average molecular weight is 693 g/mol. The van der Waals surface area contributed by atoms with Gasteiger partial charge in [-0.25, -0.2) is 4.98 Å². The molecule has 1 aliphatic rings. The number of nitrogens with two attached hydrogens (primary N) is 1. The van der Waals surface area contributed by atoms with E-state index in [1.165, 1.54) is 4.90 Å². The number of hydrogen-bond acceptors (Lipinski definition) is 10. The van der Waals surface area contributed by atoms with Crippen LogP contribution in [0.5, 0.6) is 0 Å². The number of likely N-dealkylation sites (tertiary alicyclic amines) is 1. The van der Waals surface area contributed by atoms with Gasteiger partial charge in [0, 0.05) is 6.42 Å². The average Bonchev–Trinajstić information content (AvgIpc) is 3.54. The molecule has 1 aliphatic heterocycles. The number of benzene rings is 1. The number of carbonyl (C=O) groups excluding carboxylic acids is 3. The summed E-state index contributed by atoms with van der Waals surface area (Å²) < 4.78 is 30.9. The Morgan fingerprint density at radius 1 is 1.04 bits per heavy atom. The van der Waals surface area contributed by atoms with Crippen LogP contribution in [0.15, 0.2) is 29.8 Å². The molecule has 2 heterocycles. The van der Waals surface area contributed by atoms with E-state index in [0.29, 0.717) is 0 Å². The van der Waals surface area contributed by atoms with Crippen molar-refractivity contribution in [1.29, 1.82) is 0 Å². The van der Waals surface area contributed by atoms with E-state index in [9.17, 15) is 18.9 Å². The Morgan fingerprint density at radius 3 is 2.11 bits per heavy atom. The third kappa shape index (κ3) is 11.2. The van der Waals surface area contributed by atoms with E-state index in [1.807, 2.05) is 64.4 Å². The molecule has 1 aromatic heterocycles. The van der Waals surface area contributed by atoms with E-state index in [2.05, 4.69) is 10.3 Å². The molecule has 2 aromatic rings. The lowest BCUT2D eigenvalue weighted by Gasteiger charge is -2.32. The number of carbonyl (C=O) groups is 3. The molecule has 0 saturated carbocycles. The molecule has 1 fully saturated rings. The van der Waals surface area contributed by atoms with Gasteiger partial charge in [-0.2, -0.15) is 0 Å². The monoisotopic (exact) mass is 692 g/mol. The molecule has 0 spiro atoms. The van der Waals surface area contributed by atoms with Crippen LogP contribution in [-0.2, 0) is 32.7 Å². The van der Waals surface area contributed by atoms with E-state index < -0.39 is 54.3 Å². The molecule has 262 valence electrons. The SMILES string of the molecule is Cc1ncsc1-c1ccc([C@H](C)NC(=O)[C@@H]2C[C@@H](OC(=O)CCP(=O)(OC(C)(C)C)OC(C)(C)C)CN2C(=O)[C@@H](N)C(C)(C)C)cc1. The number of thiazole rings is 1. The van der Waals surface area contributed by atoms with Crippen LogP contribution in [0.25, 0.3) is 10.4 Å². The highest BCUT2D eigenvalue weighted by atomic mass is 32.1. The molecule has 47 heavy (non-hydrogen) atoms.